The maximum Gasteiger partial charge on any atom is 0.0427 e. The molecule has 0 radical (unpaired) electrons. The largest absolute Gasteiger partial charge is 0.385 e. The molecule has 0 saturated carbocycles. The number of aryl methyl sites for hydroxylation is 2. The molecule has 1 atom stereocenters. The highest BCUT2D eigenvalue weighted by molar-refractivity contribution is 5.80. The van der Waals surface area contributed by atoms with Gasteiger partial charge in [-0.2, -0.15) is 0 Å². The van der Waals surface area contributed by atoms with Crippen molar-refractivity contribution in [1.82, 2.24) is 10.2 Å². The zero-order valence-corrected chi connectivity index (χ0v) is 25.2. The number of unbranched alkanes of at least 4 members (excludes halogenated alkanes) is 1. The molecule has 0 fully saturated rings. The lowest BCUT2D eigenvalue weighted by Gasteiger charge is -2.43. The monoisotopic (exact) mass is 525 g/mol. The maximum absolute atomic E-state index is 4.45. The molecule has 2 aromatic carbocycles. The fraction of sp³-hybridized carbons (Fsp3) is 0.444. The Balaban J connectivity index is 1.81. The van der Waals surface area contributed by atoms with E-state index in [4.69, 9.17) is 0 Å². The van der Waals surface area contributed by atoms with E-state index in [1.54, 1.807) is 0 Å². The topological polar surface area (TPSA) is 27.3 Å². The van der Waals surface area contributed by atoms with Gasteiger partial charge in [-0.25, -0.2) is 0 Å². The quantitative estimate of drug-likeness (QED) is 0.214. The average Bonchev–Trinajstić information content (AvgIpc) is 2.94. The average molecular weight is 526 g/mol. The van der Waals surface area contributed by atoms with Crippen LogP contribution in [0.2, 0.25) is 0 Å². The molecule has 0 bridgehead atoms. The molecule has 0 aromatic heterocycles. The Morgan fingerprint density at radius 2 is 1.74 bits per heavy atom. The Bertz CT molecular complexity index is 1170. The van der Waals surface area contributed by atoms with Crippen LogP contribution in [0.3, 0.4) is 0 Å². The predicted octanol–water partition coefficient (Wildman–Crippen LogP) is 9.00. The third kappa shape index (κ3) is 7.99. The third-order valence-electron chi connectivity index (χ3n) is 8.25. The van der Waals surface area contributed by atoms with E-state index in [-0.39, 0.29) is 5.54 Å². The normalized spacial score (nSPS) is 16.7. The number of nitrogens with zero attached hydrogens (tertiary/aromatic N) is 1. The number of hydrogen-bond donors (Lipinski definition) is 2. The van der Waals surface area contributed by atoms with Crippen LogP contribution in [0.15, 0.2) is 79.4 Å². The highest BCUT2D eigenvalue weighted by Crippen LogP contribution is 2.33. The van der Waals surface area contributed by atoms with Gasteiger partial charge < -0.3 is 10.6 Å². The molecule has 3 rings (SSSR count). The van der Waals surface area contributed by atoms with Gasteiger partial charge in [-0.05, 0) is 88.2 Å². The Hall–Kier alpha value is -3.04. The van der Waals surface area contributed by atoms with E-state index in [1.807, 2.05) is 0 Å². The van der Waals surface area contributed by atoms with Crippen LogP contribution < -0.4 is 10.6 Å². The summed E-state index contributed by atoms with van der Waals surface area (Å²) in [5.41, 5.74) is 9.58. The van der Waals surface area contributed by atoms with Crippen molar-refractivity contribution >= 4 is 17.1 Å². The molecule has 0 heterocycles. The van der Waals surface area contributed by atoms with Crippen molar-refractivity contribution in [1.29, 1.82) is 0 Å². The summed E-state index contributed by atoms with van der Waals surface area (Å²) in [4.78, 5) is 2.69. The van der Waals surface area contributed by atoms with Crippen molar-refractivity contribution in [3.8, 4) is 0 Å². The van der Waals surface area contributed by atoms with Gasteiger partial charge in [0.15, 0.2) is 0 Å². The van der Waals surface area contributed by atoms with Gasteiger partial charge in [-0.1, -0.05) is 101 Å². The van der Waals surface area contributed by atoms with Gasteiger partial charge in [-0.15, -0.1) is 0 Å². The van der Waals surface area contributed by atoms with Gasteiger partial charge in [-0.3, -0.25) is 4.90 Å². The minimum Gasteiger partial charge on any atom is -0.385 e. The number of hydrogen-bond acceptors (Lipinski definition) is 3. The first kappa shape index (κ1) is 30.5. The van der Waals surface area contributed by atoms with Gasteiger partial charge in [0.25, 0.3) is 0 Å². The zero-order chi connectivity index (χ0) is 28.3. The molecule has 1 aliphatic carbocycles. The van der Waals surface area contributed by atoms with E-state index in [9.17, 15) is 0 Å². The molecule has 0 spiro atoms. The third-order valence-corrected chi connectivity index (χ3v) is 8.25. The fourth-order valence-corrected chi connectivity index (χ4v) is 5.53. The molecule has 1 aliphatic rings. The first-order valence-electron chi connectivity index (χ1n) is 15.0. The van der Waals surface area contributed by atoms with Gasteiger partial charge >= 0.3 is 0 Å². The number of rotatable bonds is 16. The smallest absolute Gasteiger partial charge is 0.0427 e. The summed E-state index contributed by atoms with van der Waals surface area (Å²) in [5.74, 6) is 0. The summed E-state index contributed by atoms with van der Waals surface area (Å²) in [6.07, 6.45) is 14.5. The standard InChI is InChI=1S/C36H51N3/c1-8-11-24-37-29(5)33-22-21-32(35(27-33)38-30(6)34-20-13-12-18-31(34)10-3)19-16-26-39(25-9-2)36(7)23-15-14-17-28(36)4/h12-15,17-18,20-22,27,37-38H,5-6,8-11,16,19,23-26H2,1-4,7H3. The zero-order valence-electron chi connectivity index (χ0n) is 25.2. The van der Waals surface area contributed by atoms with E-state index < -0.39 is 0 Å². The highest BCUT2D eigenvalue weighted by atomic mass is 15.2. The van der Waals surface area contributed by atoms with Crippen molar-refractivity contribution in [3.05, 3.63) is 102 Å². The summed E-state index contributed by atoms with van der Waals surface area (Å²) in [7, 11) is 0. The Morgan fingerprint density at radius 1 is 0.949 bits per heavy atom. The molecule has 0 amide bonds. The molecular weight excluding hydrogens is 474 g/mol. The Morgan fingerprint density at radius 3 is 2.46 bits per heavy atom. The summed E-state index contributed by atoms with van der Waals surface area (Å²) in [6.45, 7) is 23.3. The Labute approximate surface area is 238 Å². The van der Waals surface area contributed by atoms with Crippen molar-refractivity contribution in [2.24, 2.45) is 0 Å². The summed E-state index contributed by atoms with van der Waals surface area (Å²) >= 11 is 0. The summed E-state index contributed by atoms with van der Waals surface area (Å²) < 4.78 is 0. The minimum atomic E-state index is 0.107. The lowest BCUT2D eigenvalue weighted by Crippen LogP contribution is -2.48. The number of allylic oxidation sites excluding steroid dienone is 2. The van der Waals surface area contributed by atoms with Crippen LogP contribution in [-0.4, -0.2) is 30.1 Å². The summed E-state index contributed by atoms with van der Waals surface area (Å²) in [6, 6.07) is 15.3. The highest BCUT2D eigenvalue weighted by Gasteiger charge is 2.32. The SMILES string of the molecule is C=C(NCCCC)c1ccc(CCCN(CCC)C2(C)CC=CC=C2C)c(NC(=C)c2ccccc2CC)c1. The molecule has 2 aromatic rings. The van der Waals surface area contributed by atoms with Gasteiger partial charge in [0.2, 0.25) is 0 Å². The van der Waals surface area contributed by atoms with Crippen molar-refractivity contribution in [3.63, 3.8) is 0 Å². The van der Waals surface area contributed by atoms with Crippen LogP contribution >= 0.6 is 0 Å². The van der Waals surface area contributed by atoms with Gasteiger partial charge in [0.05, 0.1) is 0 Å². The van der Waals surface area contributed by atoms with E-state index in [2.05, 4.69) is 124 Å². The lowest BCUT2D eigenvalue weighted by atomic mass is 9.83. The molecule has 1 unspecified atom stereocenters. The van der Waals surface area contributed by atoms with E-state index in [0.717, 1.165) is 80.8 Å². The van der Waals surface area contributed by atoms with Crippen molar-refractivity contribution in [2.45, 2.75) is 85.1 Å². The number of benzene rings is 2. The molecule has 3 heteroatoms. The Kier molecular flexibility index (Phi) is 11.7. The molecule has 0 saturated heterocycles. The van der Waals surface area contributed by atoms with Crippen LogP contribution in [0, 0.1) is 0 Å². The maximum atomic E-state index is 4.45. The number of anilines is 1. The second kappa shape index (κ2) is 14.9. The number of nitrogens with one attached hydrogen (secondary N) is 2. The van der Waals surface area contributed by atoms with Crippen LogP contribution in [-0.2, 0) is 12.8 Å². The van der Waals surface area contributed by atoms with Crippen LogP contribution in [0.25, 0.3) is 11.4 Å². The van der Waals surface area contributed by atoms with E-state index >= 15 is 0 Å². The van der Waals surface area contributed by atoms with Crippen LogP contribution in [0.5, 0.6) is 0 Å². The predicted molar refractivity (Wildman–Crippen MR) is 173 cm³/mol. The lowest BCUT2D eigenvalue weighted by molar-refractivity contribution is 0.134. The van der Waals surface area contributed by atoms with E-state index in [1.165, 1.54) is 28.7 Å². The van der Waals surface area contributed by atoms with E-state index in [0.29, 0.717) is 0 Å². The van der Waals surface area contributed by atoms with Crippen LogP contribution in [0.4, 0.5) is 5.69 Å². The van der Waals surface area contributed by atoms with Crippen molar-refractivity contribution < 1.29 is 0 Å². The molecular formula is C36H51N3. The second-order valence-corrected chi connectivity index (χ2v) is 11.1. The van der Waals surface area contributed by atoms with Crippen molar-refractivity contribution in [2.75, 3.05) is 25.0 Å². The fourth-order valence-electron chi connectivity index (χ4n) is 5.53. The first-order valence-corrected chi connectivity index (χ1v) is 15.0. The minimum absolute atomic E-state index is 0.107. The van der Waals surface area contributed by atoms with Gasteiger partial charge in [0.1, 0.15) is 0 Å². The molecule has 210 valence electrons. The molecule has 3 nitrogen and oxygen atoms in total. The second-order valence-electron chi connectivity index (χ2n) is 11.1. The van der Waals surface area contributed by atoms with Crippen LogP contribution in [0.1, 0.15) is 89.0 Å². The first-order chi connectivity index (χ1) is 18.8. The summed E-state index contributed by atoms with van der Waals surface area (Å²) in [5, 5.41) is 7.21. The molecule has 39 heavy (non-hydrogen) atoms. The molecule has 2 N–H and O–H groups in total. The van der Waals surface area contributed by atoms with Gasteiger partial charge in [0, 0.05) is 34.7 Å². The molecule has 0 aliphatic heterocycles.